The SMILES string of the molecule is CCOP1(=O)C[C@H]2CN(Cc3ccccc3)C[C@H]2C1.CCOP1(=O)C[C@H]2CN(Cc3ccccc3)C[C@H]2C1.Cl.O=P1(O)C[C@H]2CN(Cc3ccccc3)C[C@H]2C1. The molecule has 9 atom stereocenters. The highest BCUT2D eigenvalue weighted by molar-refractivity contribution is 7.59. The van der Waals surface area contributed by atoms with Crippen molar-refractivity contribution in [3.8, 4) is 0 Å². The first-order valence-corrected chi connectivity index (χ1v) is 26.6. The maximum absolute atomic E-state index is 12.5. The van der Waals surface area contributed by atoms with E-state index in [9.17, 15) is 18.6 Å². The van der Waals surface area contributed by atoms with E-state index >= 15 is 0 Å². The van der Waals surface area contributed by atoms with Gasteiger partial charge in [0.05, 0.1) is 13.2 Å². The van der Waals surface area contributed by atoms with Gasteiger partial charge in [-0.3, -0.25) is 28.4 Å². The minimum atomic E-state index is -2.76. The lowest BCUT2D eigenvalue weighted by atomic mass is 10.0. The van der Waals surface area contributed by atoms with Crippen molar-refractivity contribution in [1.29, 1.82) is 0 Å². The molecule has 1 N–H and O–H groups in total. The van der Waals surface area contributed by atoms with E-state index in [-0.39, 0.29) is 12.4 Å². The minimum absolute atomic E-state index is 0. The van der Waals surface area contributed by atoms with Crippen molar-refractivity contribution in [2.45, 2.75) is 33.5 Å². The molecule has 6 saturated heterocycles. The van der Waals surface area contributed by atoms with Gasteiger partial charge < -0.3 is 13.9 Å². The molecule has 0 aliphatic carbocycles. The van der Waals surface area contributed by atoms with Gasteiger partial charge in [-0.25, -0.2) is 0 Å². The van der Waals surface area contributed by atoms with Crippen molar-refractivity contribution in [3.05, 3.63) is 108 Å². The summed E-state index contributed by atoms with van der Waals surface area (Å²) in [6.07, 6.45) is 4.30. The molecule has 13 heteroatoms. The summed E-state index contributed by atoms with van der Waals surface area (Å²) >= 11 is 0. The lowest BCUT2D eigenvalue weighted by Gasteiger charge is -2.19. The molecule has 308 valence electrons. The number of fused-ring (bicyclic) bond motifs is 3. The molecule has 0 spiro atoms. The van der Waals surface area contributed by atoms with E-state index in [2.05, 4.69) is 99.6 Å². The number of nitrogens with zero attached hydrogens (tertiary/aromatic N) is 3. The monoisotopic (exact) mass is 845 g/mol. The van der Waals surface area contributed by atoms with Gasteiger partial charge in [0.1, 0.15) is 0 Å². The summed E-state index contributed by atoms with van der Waals surface area (Å²) in [5.74, 6) is 3.24. The van der Waals surface area contributed by atoms with Crippen molar-refractivity contribution in [2.24, 2.45) is 35.5 Å². The second kappa shape index (κ2) is 19.6. The Hall–Kier alpha value is -1.60. The predicted molar refractivity (Wildman–Crippen MR) is 231 cm³/mol. The van der Waals surface area contributed by atoms with Crippen LogP contribution >= 0.6 is 34.5 Å². The minimum Gasteiger partial charge on any atom is -0.344 e. The van der Waals surface area contributed by atoms with Crippen LogP contribution in [0.2, 0.25) is 0 Å². The Labute approximate surface area is 341 Å². The van der Waals surface area contributed by atoms with Gasteiger partial charge in [0.25, 0.3) is 0 Å². The Balaban J connectivity index is 0.000000141. The summed E-state index contributed by atoms with van der Waals surface area (Å²) in [7, 11) is -7.32. The van der Waals surface area contributed by atoms with Crippen LogP contribution in [0.3, 0.4) is 0 Å². The standard InChI is InChI=1S/2C15H22NO2P.C13H18NO2P.ClH/c2*1-2-18-19(17)11-14-9-16(10-15(14)12-19)8-13-6-4-3-5-7-13;15-17(16)9-12-7-14(8-13(12)10-17)6-11-4-2-1-3-5-11;/h2*3-7,14-15H,2,8-12H2,1H3;1-5,12-13H,6-10H2,(H,15,16);1H/t2*14-,15+,19?;12-,13+;. The fraction of sp³-hybridized carbons (Fsp3) is 0.581. The molecule has 0 radical (unpaired) electrons. The molecule has 0 amide bonds. The molecule has 9 nitrogen and oxygen atoms in total. The van der Waals surface area contributed by atoms with Gasteiger partial charge in [-0.15, -0.1) is 12.4 Å². The second-order valence-electron chi connectivity index (χ2n) is 17.0. The molecule has 6 fully saturated rings. The van der Waals surface area contributed by atoms with Crippen LogP contribution in [0.4, 0.5) is 0 Å². The molecule has 0 aromatic heterocycles. The lowest BCUT2D eigenvalue weighted by molar-refractivity contribution is 0.304. The number of rotatable bonds is 10. The van der Waals surface area contributed by atoms with Crippen LogP contribution in [0.25, 0.3) is 0 Å². The fourth-order valence-electron chi connectivity index (χ4n) is 10.3. The van der Waals surface area contributed by atoms with E-state index in [1.807, 2.05) is 19.9 Å². The van der Waals surface area contributed by atoms with E-state index < -0.39 is 22.1 Å². The van der Waals surface area contributed by atoms with Crippen LogP contribution in [-0.2, 0) is 42.4 Å². The summed E-state index contributed by atoms with van der Waals surface area (Å²) in [6.45, 7) is 14.4. The van der Waals surface area contributed by atoms with Crippen LogP contribution in [0.15, 0.2) is 91.0 Å². The van der Waals surface area contributed by atoms with E-state index in [1.54, 1.807) is 0 Å². The maximum Gasteiger partial charge on any atom is 0.203 e. The van der Waals surface area contributed by atoms with Crippen LogP contribution in [0.1, 0.15) is 30.5 Å². The van der Waals surface area contributed by atoms with Gasteiger partial charge >= 0.3 is 0 Å². The fourth-order valence-corrected chi connectivity index (χ4v) is 18.9. The van der Waals surface area contributed by atoms with Crippen molar-refractivity contribution < 1.29 is 27.6 Å². The van der Waals surface area contributed by atoms with Crippen LogP contribution in [0, 0.1) is 35.5 Å². The zero-order chi connectivity index (χ0) is 38.5. The zero-order valence-corrected chi connectivity index (χ0v) is 36.7. The average Bonchev–Trinajstić information content (AvgIpc) is 3.96. The third-order valence-electron chi connectivity index (χ3n) is 12.5. The zero-order valence-electron chi connectivity index (χ0n) is 33.2. The van der Waals surface area contributed by atoms with Crippen LogP contribution < -0.4 is 0 Å². The van der Waals surface area contributed by atoms with Gasteiger partial charge in [-0.2, -0.15) is 0 Å². The Morgan fingerprint density at radius 1 is 0.482 bits per heavy atom. The molecule has 56 heavy (non-hydrogen) atoms. The third-order valence-corrected chi connectivity index (χ3v) is 20.2. The van der Waals surface area contributed by atoms with Gasteiger partial charge in [0, 0.05) is 95.9 Å². The smallest absolute Gasteiger partial charge is 0.203 e. The molecule has 0 bridgehead atoms. The van der Waals surface area contributed by atoms with Crippen molar-refractivity contribution in [2.75, 3.05) is 89.5 Å². The first-order valence-electron chi connectivity index (χ1n) is 20.5. The van der Waals surface area contributed by atoms with Crippen LogP contribution in [0.5, 0.6) is 0 Å². The molecular formula is C43H63ClN3O6P3. The first kappa shape index (κ1) is 44.0. The summed E-state index contributed by atoms with van der Waals surface area (Å²) in [6, 6.07) is 31.6. The summed E-state index contributed by atoms with van der Waals surface area (Å²) in [5.41, 5.74) is 4.07. The number of likely N-dealkylation sites (tertiary alicyclic amines) is 3. The molecule has 3 unspecified atom stereocenters. The molecule has 6 aliphatic rings. The number of halogens is 1. The molecule has 0 saturated carbocycles. The Bertz CT molecular complexity index is 1680. The molecule has 3 aromatic carbocycles. The third kappa shape index (κ3) is 11.8. The Kier molecular flexibility index (Phi) is 15.4. The quantitative estimate of drug-likeness (QED) is 0.201. The Morgan fingerprint density at radius 3 is 0.982 bits per heavy atom. The van der Waals surface area contributed by atoms with Crippen LogP contribution in [-0.4, -0.2) is 109 Å². The highest BCUT2D eigenvalue weighted by atomic mass is 35.5. The largest absolute Gasteiger partial charge is 0.344 e. The van der Waals surface area contributed by atoms with Crippen molar-refractivity contribution in [3.63, 3.8) is 0 Å². The molecule has 6 aliphatic heterocycles. The molecule has 6 heterocycles. The van der Waals surface area contributed by atoms with Crippen molar-refractivity contribution >= 4 is 34.5 Å². The van der Waals surface area contributed by atoms with E-state index in [1.165, 1.54) is 16.7 Å². The van der Waals surface area contributed by atoms with E-state index in [0.29, 0.717) is 61.0 Å². The van der Waals surface area contributed by atoms with Gasteiger partial charge in [0.2, 0.25) is 22.1 Å². The summed E-state index contributed by atoms with van der Waals surface area (Å²) in [4.78, 5) is 17.0. The predicted octanol–water partition coefficient (Wildman–Crippen LogP) is 8.57. The normalized spacial score (nSPS) is 34.8. The van der Waals surface area contributed by atoms with E-state index in [4.69, 9.17) is 9.05 Å². The van der Waals surface area contributed by atoms with Gasteiger partial charge in [-0.05, 0) is 66.0 Å². The number of hydrogen-bond donors (Lipinski definition) is 1. The number of benzene rings is 3. The van der Waals surface area contributed by atoms with Crippen molar-refractivity contribution in [1.82, 2.24) is 14.7 Å². The molecule has 9 rings (SSSR count). The average molecular weight is 846 g/mol. The summed E-state index contributed by atoms with van der Waals surface area (Å²) in [5, 5.41) is 0. The first-order chi connectivity index (χ1) is 26.5. The molecular weight excluding hydrogens is 783 g/mol. The highest BCUT2D eigenvalue weighted by Crippen LogP contribution is 2.60. The second-order valence-corrected chi connectivity index (χ2v) is 24.7. The Morgan fingerprint density at radius 2 is 0.732 bits per heavy atom. The molecule has 3 aromatic rings. The highest BCUT2D eigenvalue weighted by Gasteiger charge is 2.48. The van der Waals surface area contributed by atoms with E-state index in [0.717, 1.165) is 83.6 Å². The summed E-state index contributed by atoms with van der Waals surface area (Å²) < 4.78 is 47.6. The maximum atomic E-state index is 12.5. The topological polar surface area (TPSA) is 99.6 Å². The lowest BCUT2D eigenvalue weighted by Crippen LogP contribution is -2.22. The van der Waals surface area contributed by atoms with Gasteiger partial charge in [-0.1, -0.05) is 91.0 Å². The number of hydrogen-bond acceptors (Lipinski definition) is 8. The van der Waals surface area contributed by atoms with Gasteiger partial charge in [0.15, 0.2) is 0 Å².